The summed E-state index contributed by atoms with van der Waals surface area (Å²) in [6.07, 6.45) is 27.0. The Labute approximate surface area is 267 Å². The molecule has 0 amide bonds. The van der Waals surface area contributed by atoms with Crippen molar-refractivity contribution in [2.45, 2.75) is 165 Å². The predicted molar refractivity (Wildman–Crippen MR) is 183 cm³/mol. The van der Waals surface area contributed by atoms with Crippen molar-refractivity contribution in [2.24, 2.45) is 5.92 Å². The molecule has 238 valence electrons. The maximum Gasteiger partial charge on any atom is 0.300 e. The van der Waals surface area contributed by atoms with Crippen LogP contribution in [0.1, 0.15) is 135 Å². The molecule has 0 saturated heterocycles. The predicted octanol–water partition coefficient (Wildman–Crippen LogP) is 8.53. The molecule has 0 radical (unpaired) electrons. The van der Waals surface area contributed by atoms with Crippen molar-refractivity contribution >= 4 is 21.5 Å². The fourth-order valence-corrected chi connectivity index (χ4v) is 19.5. The van der Waals surface area contributed by atoms with Crippen molar-refractivity contribution in [2.75, 3.05) is 6.16 Å². The van der Waals surface area contributed by atoms with Gasteiger partial charge < -0.3 is 16.8 Å². The first kappa shape index (κ1) is 35.8. The minimum atomic E-state index is -2.07. The summed E-state index contributed by atoms with van der Waals surface area (Å²) in [6, 6.07) is 14.1. The Kier molecular flexibility index (Phi) is 15.1. The maximum atomic E-state index is 14.8. The maximum absolute atomic E-state index is 14.8. The van der Waals surface area contributed by atoms with Gasteiger partial charge >= 0.3 is 0 Å². The van der Waals surface area contributed by atoms with Gasteiger partial charge in [0.2, 0.25) is 0 Å². The standard InChI is InChI=1S/C37H62O2PSi.ClH/c1-5-21-35(31-22-13-9-14-23-31)36(37(38)39-41(6-2,7-3)8-4)30-40(32-24-15-10-16-25-32,33-26-17-11-18-27-33)34-28-19-12-20-29-34;/h5,9,13-14,21-23,32-36H,6-8,10-12,15-20,24-30H2,1-4H3;1H/q+1;/p-1/b21-5+;. The summed E-state index contributed by atoms with van der Waals surface area (Å²) in [6.45, 7) is 8.95. The molecule has 4 rings (SSSR count). The van der Waals surface area contributed by atoms with Gasteiger partial charge in [-0.3, -0.25) is 4.79 Å². The number of carbonyl (C=O) groups excluding carboxylic acids is 1. The highest BCUT2D eigenvalue weighted by Gasteiger charge is 2.59. The van der Waals surface area contributed by atoms with Crippen molar-refractivity contribution in [1.82, 2.24) is 0 Å². The Morgan fingerprint density at radius 1 is 0.786 bits per heavy atom. The van der Waals surface area contributed by atoms with Crippen LogP contribution in [-0.2, 0) is 9.22 Å². The zero-order chi connectivity index (χ0) is 29.1. The van der Waals surface area contributed by atoms with E-state index < -0.39 is 15.6 Å². The molecule has 1 aromatic carbocycles. The summed E-state index contributed by atoms with van der Waals surface area (Å²) in [5.41, 5.74) is 3.94. The van der Waals surface area contributed by atoms with E-state index in [-0.39, 0.29) is 30.2 Å². The third kappa shape index (κ3) is 8.34. The van der Waals surface area contributed by atoms with Crippen LogP contribution in [0.4, 0.5) is 0 Å². The molecule has 2 atom stereocenters. The van der Waals surface area contributed by atoms with Crippen LogP contribution in [0.25, 0.3) is 0 Å². The van der Waals surface area contributed by atoms with Crippen LogP contribution >= 0.6 is 7.26 Å². The molecule has 2 unspecified atom stereocenters. The summed E-state index contributed by atoms with van der Waals surface area (Å²) in [4.78, 5) is 14.8. The first-order valence-electron chi connectivity index (χ1n) is 17.8. The molecule has 5 heteroatoms. The minimum absolute atomic E-state index is 0. The lowest BCUT2D eigenvalue weighted by molar-refractivity contribution is -0.139. The highest BCUT2D eigenvalue weighted by atomic mass is 35.5. The fourth-order valence-electron chi connectivity index (χ4n) is 9.32. The molecule has 0 aromatic heterocycles. The van der Waals surface area contributed by atoms with Gasteiger partial charge in [0.05, 0.1) is 29.1 Å². The molecule has 1 aromatic rings. The van der Waals surface area contributed by atoms with Gasteiger partial charge in [0.1, 0.15) is 0 Å². The topological polar surface area (TPSA) is 26.3 Å². The molecule has 0 bridgehead atoms. The van der Waals surface area contributed by atoms with Crippen LogP contribution < -0.4 is 12.4 Å². The number of hydrogen-bond donors (Lipinski definition) is 0. The van der Waals surface area contributed by atoms with Crippen molar-refractivity contribution in [3.8, 4) is 0 Å². The quantitative estimate of drug-likeness (QED) is 0.124. The van der Waals surface area contributed by atoms with Crippen molar-refractivity contribution in [1.29, 1.82) is 0 Å². The van der Waals surface area contributed by atoms with E-state index in [1.165, 1.54) is 102 Å². The van der Waals surface area contributed by atoms with Crippen molar-refractivity contribution in [3.05, 3.63) is 48.0 Å². The molecule has 3 aliphatic carbocycles. The number of allylic oxidation sites excluding steroid dienone is 2. The summed E-state index contributed by atoms with van der Waals surface area (Å²) < 4.78 is 6.89. The second kappa shape index (κ2) is 17.8. The molecule has 0 spiro atoms. The minimum Gasteiger partial charge on any atom is -1.00 e. The number of halogens is 1. The van der Waals surface area contributed by atoms with Crippen LogP contribution in [0.3, 0.4) is 0 Å². The van der Waals surface area contributed by atoms with Crippen LogP contribution in [0, 0.1) is 5.92 Å². The molecule has 0 N–H and O–H groups in total. The third-order valence-corrected chi connectivity index (χ3v) is 23.0. The molecular formula is C37H62ClO2PSi. The monoisotopic (exact) mass is 632 g/mol. The summed E-state index contributed by atoms with van der Waals surface area (Å²) in [5, 5.41) is 0. The van der Waals surface area contributed by atoms with E-state index in [9.17, 15) is 4.79 Å². The lowest BCUT2D eigenvalue weighted by Gasteiger charge is -2.50. The third-order valence-electron chi connectivity index (χ3n) is 11.8. The Bertz CT molecular complexity index is 877. The smallest absolute Gasteiger partial charge is 0.300 e. The first-order chi connectivity index (χ1) is 20.0. The SMILES string of the molecule is C/C=C/C(c1ccccc1)C(C[P+](C1CCCCC1)(C1CCCCC1)C1CCCCC1)C(=O)O[Si](CC)(CC)CC.[Cl-]. The van der Waals surface area contributed by atoms with Gasteiger partial charge in [-0.05, 0) is 108 Å². The van der Waals surface area contributed by atoms with E-state index in [2.05, 4.69) is 70.2 Å². The van der Waals surface area contributed by atoms with Gasteiger partial charge in [0.15, 0.2) is 0 Å². The Morgan fingerprint density at radius 3 is 1.60 bits per heavy atom. The molecule has 42 heavy (non-hydrogen) atoms. The van der Waals surface area contributed by atoms with Gasteiger partial charge in [0.25, 0.3) is 14.3 Å². The normalized spacial score (nSPS) is 21.5. The highest BCUT2D eigenvalue weighted by molar-refractivity contribution is 7.78. The van der Waals surface area contributed by atoms with Crippen molar-refractivity contribution in [3.63, 3.8) is 0 Å². The molecule has 3 aliphatic rings. The van der Waals surface area contributed by atoms with E-state index in [0.29, 0.717) is 0 Å². The number of rotatable bonds is 13. The van der Waals surface area contributed by atoms with Crippen LogP contribution in [-0.4, -0.2) is 37.4 Å². The fraction of sp³-hybridized carbons (Fsp3) is 0.757. The van der Waals surface area contributed by atoms with E-state index in [1.807, 2.05) is 0 Å². The largest absolute Gasteiger partial charge is 1.00 e. The Hall–Kier alpha value is -0.633. The van der Waals surface area contributed by atoms with Crippen LogP contribution in [0.15, 0.2) is 42.5 Å². The highest BCUT2D eigenvalue weighted by Crippen LogP contribution is 2.78. The average Bonchev–Trinajstić information content (AvgIpc) is 3.05. The van der Waals surface area contributed by atoms with Gasteiger partial charge in [-0.1, -0.05) is 82.5 Å². The number of carbonyl (C=O) groups is 1. The van der Waals surface area contributed by atoms with Gasteiger partial charge in [-0.15, -0.1) is 0 Å². The van der Waals surface area contributed by atoms with Gasteiger partial charge in [-0.2, -0.15) is 0 Å². The first-order valence-corrected chi connectivity index (χ1v) is 22.5. The van der Waals surface area contributed by atoms with Gasteiger partial charge in [-0.25, -0.2) is 0 Å². The zero-order valence-corrected chi connectivity index (χ0v) is 30.2. The van der Waals surface area contributed by atoms with E-state index >= 15 is 0 Å². The second-order valence-corrected chi connectivity index (χ2v) is 23.0. The lowest BCUT2D eigenvalue weighted by Crippen LogP contribution is -3.00. The Morgan fingerprint density at radius 2 is 1.21 bits per heavy atom. The molecule has 3 saturated carbocycles. The second-order valence-electron chi connectivity index (χ2n) is 13.8. The van der Waals surface area contributed by atoms with E-state index in [4.69, 9.17) is 4.43 Å². The zero-order valence-electron chi connectivity index (χ0n) is 27.5. The van der Waals surface area contributed by atoms with E-state index in [1.54, 1.807) is 0 Å². The molecule has 0 aliphatic heterocycles. The van der Waals surface area contributed by atoms with Crippen molar-refractivity contribution < 1.29 is 21.6 Å². The average molecular weight is 633 g/mol. The molecule has 0 heterocycles. The number of hydrogen-bond acceptors (Lipinski definition) is 2. The summed E-state index contributed by atoms with van der Waals surface area (Å²) in [7, 11) is -3.51. The lowest BCUT2D eigenvalue weighted by atomic mass is 9.86. The summed E-state index contributed by atoms with van der Waals surface area (Å²) >= 11 is 0. The number of benzene rings is 1. The molecular weight excluding hydrogens is 571 g/mol. The summed E-state index contributed by atoms with van der Waals surface area (Å²) in [5.74, 6) is 0.228. The van der Waals surface area contributed by atoms with Crippen LogP contribution in [0.5, 0.6) is 0 Å². The molecule has 2 nitrogen and oxygen atoms in total. The Balaban J connectivity index is 0.00000484. The van der Waals surface area contributed by atoms with E-state index in [0.717, 1.165) is 41.3 Å². The van der Waals surface area contributed by atoms with Crippen LogP contribution in [0.2, 0.25) is 18.1 Å². The molecule has 3 fully saturated rings. The van der Waals surface area contributed by atoms with Gasteiger partial charge in [0, 0.05) is 13.2 Å².